The number of carboxylic acids is 2. The van der Waals surface area contributed by atoms with Crippen LogP contribution in [0.15, 0.2) is 0 Å². The van der Waals surface area contributed by atoms with Crippen molar-refractivity contribution in [2.75, 3.05) is 26.9 Å². The van der Waals surface area contributed by atoms with E-state index in [1.54, 1.807) is 5.48 Å². The Morgan fingerprint density at radius 3 is 1.36 bits per heavy atom. The summed E-state index contributed by atoms with van der Waals surface area (Å²) in [6.45, 7) is -4.64. The molecule has 5 fully saturated rings. The fourth-order valence-corrected chi connectivity index (χ4v) is 12.0. The summed E-state index contributed by atoms with van der Waals surface area (Å²) in [6, 6.07) is -7.73. The molecule has 0 saturated carbocycles. The number of aliphatic carboxylic acids is 2. The van der Waals surface area contributed by atoms with Crippen LogP contribution in [0.2, 0.25) is 0 Å². The number of hydroxylamine groups is 1. The molecule has 0 aromatic rings. The average Bonchev–Trinajstić information content (AvgIpc) is 0.774. The normalized spacial score (nSPS) is 39.0. The van der Waals surface area contributed by atoms with Gasteiger partial charge in [-0.15, -0.1) is 4.33 Å². The summed E-state index contributed by atoms with van der Waals surface area (Å²) >= 11 is -6.76. The Morgan fingerprint density at radius 1 is 0.440 bits per heavy atom. The van der Waals surface area contributed by atoms with Crippen LogP contribution in [0.1, 0.15) is 0 Å². The fraction of sp³-hybridized carbons (Fsp3) is 0.935. The second kappa shape index (κ2) is 31.8. The molecule has 19 N–H and O–H groups in total. The Morgan fingerprint density at radius 2 is 0.879 bits per heavy atom. The van der Waals surface area contributed by atoms with E-state index in [0.29, 0.717) is 0 Å². The first-order chi connectivity index (χ1) is 41.6. The number of methoxy groups -OCH3 is 1. The number of carboxylic acid groups (broad SMARTS) is 2. The molecule has 12 unspecified atom stereocenters. The first kappa shape index (κ1) is 79.3. The molecule has 60 heteroatoms. The van der Waals surface area contributed by atoms with Crippen molar-refractivity contribution < 1.29 is 223 Å². The third-order valence-corrected chi connectivity index (χ3v) is 15.8. The largest absolute Gasteiger partial charge is 0.479 e. The van der Waals surface area contributed by atoms with Crippen LogP contribution in [0, 0.1) is 0 Å². The molecule has 0 amide bonds. The standard InChI is InChI=1S/C31H53N3O49S8/c1-67-27-8(32-82-84(45)46)13(37)17(7(72-27)4-70-89(58,59)60)74-31-22(81-91(64,65)66)16(40)21(24(79-31)26(43)44)77-29-10(34-87(52,53)54)19(80-90(61,62)63)18(6(73-29)2-68-83-85(47)48)75-30-15(39)14(38)20(23(78-30)25(41)42)76-28-9(33-86(49,50)51)12(36)11(35)5(71-28)3-69-88(55,56)57/h5-24,27-40H,2-4H2,1H3,(H,41,42)(H,43,44)(H,45,46)(H,47,48)(H,49,50,51)(H,52,53,54)(H,55,56,57)(H,58,59,60)(H,61,62,63)(H,64,65,66)/t5-,6?,7-,8?,9?,10?,11+,12?,13?,14?,15?,16+,17+,18+,19+,20-,21+,22?,23+,24?,27-,28+,29-,30+,31+/m0/s1. The number of carbonyl (C=O) groups is 2. The van der Waals surface area contributed by atoms with Crippen molar-refractivity contribution in [2.45, 2.75) is 153 Å². The molecule has 27 atom stereocenters. The lowest BCUT2D eigenvalue weighted by atomic mass is 9.94. The molecule has 5 aliphatic heterocycles. The zero-order chi connectivity index (χ0) is 69.0. The molecule has 534 valence electrons. The molecule has 5 saturated heterocycles. The monoisotopic (exact) mass is 1510 g/mol. The van der Waals surface area contributed by atoms with Crippen molar-refractivity contribution >= 4 is 96.9 Å². The maximum absolute atomic E-state index is 13.0. The molecular weight excluding hydrogens is 1450 g/mol. The van der Waals surface area contributed by atoms with Crippen molar-refractivity contribution in [3.05, 3.63) is 0 Å². The van der Waals surface area contributed by atoms with Crippen molar-refractivity contribution in [3.63, 3.8) is 0 Å². The van der Waals surface area contributed by atoms with Crippen LogP contribution in [0.25, 0.3) is 0 Å². The van der Waals surface area contributed by atoms with E-state index in [9.17, 15) is 137 Å². The van der Waals surface area contributed by atoms with Crippen LogP contribution in [-0.4, -0.2) is 328 Å². The first-order valence-electron chi connectivity index (χ1n) is 23.5. The van der Waals surface area contributed by atoms with Gasteiger partial charge in [-0.25, -0.2) is 31.2 Å². The van der Waals surface area contributed by atoms with Crippen molar-refractivity contribution in [1.82, 2.24) is 14.9 Å². The van der Waals surface area contributed by atoms with E-state index in [2.05, 4.69) is 30.2 Å². The van der Waals surface area contributed by atoms with Crippen LogP contribution < -0.4 is 14.9 Å². The fourth-order valence-electron chi connectivity index (χ4n) is 8.89. The van der Waals surface area contributed by atoms with Crippen LogP contribution in [-0.2, 0) is 172 Å². The third-order valence-electron chi connectivity index (χ3n) is 12.4. The van der Waals surface area contributed by atoms with Gasteiger partial charge in [-0.3, -0.25) is 36.4 Å². The number of hydrogen-bond acceptors (Lipinski definition) is 40. The van der Waals surface area contributed by atoms with E-state index in [1.807, 2.05) is 0 Å². The highest BCUT2D eigenvalue weighted by Crippen LogP contribution is 2.38. The highest BCUT2D eigenvalue weighted by Gasteiger charge is 2.61. The van der Waals surface area contributed by atoms with Gasteiger partial charge in [0.2, 0.25) is 0 Å². The number of rotatable bonds is 32. The minimum absolute atomic E-state index is 0.835. The zero-order valence-electron chi connectivity index (χ0n) is 43.9. The Labute approximate surface area is 513 Å². The minimum Gasteiger partial charge on any atom is -0.479 e. The van der Waals surface area contributed by atoms with Crippen LogP contribution in [0.3, 0.4) is 0 Å². The maximum Gasteiger partial charge on any atom is 0.397 e. The lowest BCUT2D eigenvalue weighted by Crippen LogP contribution is -2.71. The van der Waals surface area contributed by atoms with Crippen LogP contribution in [0.4, 0.5) is 0 Å². The molecule has 0 aromatic carbocycles. The first-order valence-corrected chi connectivity index (χ1v) is 33.9. The Bertz CT molecular complexity index is 3240. The molecule has 5 heterocycles. The van der Waals surface area contributed by atoms with E-state index in [-0.39, 0.29) is 0 Å². The summed E-state index contributed by atoms with van der Waals surface area (Å²) in [5.74, 6) is -4.80. The van der Waals surface area contributed by atoms with Gasteiger partial charge in [0.05, 0.1) is 13.2 Å². The molecule has 0 bridgehead atoms. The predicted octanol–water partition coefficient (Wildman–Crippen LogP) is -13.2. The lowest BCUT2D eigenvalue weighted by Gasteiger charge is -2.50. The van der Waals surface area contributed by atoms with Crippen LogP contribution in [0.5, 0.6) is 0 Å². The highest BCUT2D eigenvalue weighted by atomic mass is 32.3. The molecule has 0 spiro atoms. The number of ether oxygens (including phenoxy) is 10. The number of aliphatic hydroxyl groups excluding tert-OH is 6. The molecule has 5 rings (SSSR count). The molecule has 0 aliphatic carbocycles. The van der Waals surface area contributed by atoms with E-state index in [4.69, 9.17) is 56.5 Å². The summed E-state index contributed by atoms with van der Waals surface area (Å²) in [4.78, 5) is 30.4. The summed E-state index contributed by atoms with van der Waals surface area (Å²) in [6.07, 6.45) is -61.4. The Balaban J connectivity index is 1.58. The van der Waals surface area contributed by atoms with E-state index < -0.39 is 270 Å². The van der Waals surface area contributed by atoms with Gasteiger partial charge < -0.3 is 88.2 Å². The Kier molecular flexibility index (Phi) is 27.7. The van der Waals surface area contributed by atoms with Crippen molar-refractivity contribution in [1.29, 1.82) is 0 Å². The number of aliphatic hydroxyl groups is 6. The summed E-state index contributed by atoms with van der Waals surface area (Å²) < 4.78 is 325. The molecule has 5 aliphatic rings. The molecule has 0 aromatic heterocycles. The molecule has 91 heavy (non-hydrogen) atoms. The predicted molar refractivity (Wildman–Crippen MR) is 262 cm³/mol. The second-order valence-electron chi connectivity index (χ2n) is 18.4. The summed E-state index contributed by atoms with van der Waals surface area (Å²) in [7, 11) is -34.1. The summed E-state index contributed by atoms with van der Waals surface area (Å²) in [5, 5.41) is 88.1. The van der Waals surface area contributed by atoms with Gasteiger partial charge >= 0.3 is 96.9 Å². The SMILES string of the molecule is CO[C@H]1O[C@@H](COS(=O)(=O)O)[C@@H](O[C@@H]2OC(C(=O)O)[C@H](O[C@@H]3OC(COOS(=O)O)[C@@H](O[C@@H]4O[C@@H](C(=O)O)[C@@H](O[C@H]5O[C@@H](COS(=O)(=O)O)[C@@H](O)C(O)C5NS(=O)(=O)O)C(O)C4O)[C@H](OS(=O)(=O)O)C3NS(=O)(=O)O)[C@@H](O)C2OS(=O)(=O)O)C(O)C1NOS(=O)O. The van der Waals surface area contributed by atoms with Gasteiger partial charge in [-0.1, -0.05) is 0 Å². The molecule has 52 nitrogen and oxygen atoms in total. The van der Waals surface area contributed by atoms with E-state index in [0.717, 1.165) is 7.11 Å². The van der Waals surface area contributed by atoms with Gasteiger partial charge in [0.1, 0.15) is 110 Å². The topological polar surface area (TPSA) is 790 Å². The lowest BCUT2D eigenvalue weighted by molar-refractivity contribution is -0.378. The zero-order valence-corrected chi connectivity index (χ0v) is 50.5. The van der Waals surface area contributed by atoms with Gasteiger partial charge in [0.25, 0.3) is 0 Å². The second-order valence-corrected chi connectivity index (χ2v) is 26.2. The average molecular weight is 1510 g/mol. The van der Waals surface area contributed by atoms with E-state index >= 15 is 0 Å². The minimum atomic E-state index is -6.29. The third kappa shape index (κ3) is 23.1. The van der Waals surface area contributed by atoms with Crippen LogP contribution >= 0.6 is 0 Å². The van der Waals surface area contributed by atoms with E-state index in [1.165, 1.54) is 9.44 Å². The van der Waals surface area contributed by atoms with Crippen molar-refractivity contribution in [3.8, 4) is 0 Å². The van der Waals surface area contributed by atoms with Gasteiger partial charge in [0.15, 0.2) is 49.8 Å². The smallest absolute Gasteiger partial charge is 0.397 e. The van der Waals surface area contributed by atoms with Gasteiger partial charge in [-0.2, -0.15) is 78.1 Å². The number of nitrogens with one attached hydrogen (secondary N) is 3. The highest BCUT2D eigenvalue weighted by molar-refractivity contribution is 7.84. The Hall–Kier alpha value is -2.42. The summed E-state index contributed by atoms with van der Waals surface area (Å²) in [5.41, 5.74) is 1.77. The maximum atomic E-state index is 13.0. The molecular formula is C31H53N3O49S8. The van der Waals surface area contributed by atoms with Gasteiger partial charge in [-0.05, 0) is 0 Å². The molecule has 0 radical (unpaired) electrons. The quantitative estimate of drug-likeness (QED) is 0.0129. The van der Waals surface area contributed by atoms with Crippen molar-refractivity contribution in [2.24, 2.45) is 0 Å². The number of hydrogen-bond donors (Lipinski definition) is 19. The van der Waals surface area contributed by atoms with Gasteiger partial charge in [0, 0.05) is 7.11 Å².